The van der Waals surface area contributed by atoms with E-state index in [-0.39, 0.29) is 11.5 Å². The van der Waals surface area contributed by atoms with Gasteiger partial charge >= 0.3 is 0 Å². The topological polar surface area (TPSA) is 88.7 Å². The molecule has 0 heterocycles. The molecule has 5 heteroatoms. The monoisotopic (exact) mass is 344 g/mol. The summed E-state index contributed by atoms with van der Waals surface area (Å²) in [6, 6.07) is 16.5. The summed E-state index contributed by atoms with van der Waals surface area (Å²) in [4.78, 5) is 12.5. The number of rotatable bonds is 5. The van der Waals surface area contributed by atoms with Crippen molar-refractivity contribution in [3.63, 3.8) is 0 Å². The molecule has 2 N–H and O–H groups in total. The Labute approximate surface area is 153 Å². The van der Waals surface area contributed by atoms with Gasteiger partial charge in [0.25, 0.3) is 5.91 Å². The second-order valence-corrected chi connectivity index (χ2v) is 6.15. The maximum Gasteiger partial charge on any atom is 0.267 e. The van der Waals surface area contributed by atoms with Crippen LogP contribution in [0.4, 0.5) is 11.4 Å². The van der Waals surface area contributed by atoms with Crippen molar-refractivity contribution in [3.05, 3.63) is 70.9 Å². The van der Waals surface area contributed by atoms with Crippen LogP contribution in [0.5, 0.6) is 0 Å². The number of para-hydroxylation sites is 1. The molecule has 0 spiro atoms. The molecule has 1 amide bonds. The molecule has 0 atom stereocenters. The highest BCUT2D eigenvalue weighted by atomic mass is 16.1. The molecule has 2 aromatic rings. The second-order valence-electron chi connectivity index (χ2n) is 6.15. The number of aryl methyl sites for hydroxylation is 1. The maximum atomic E-state index is 12.5. The fourth-order valence-electron chi connectivity index (χ4n) is 2.47. The van der Waals surface area contributed by atoms with Gasteiger partial charge < -0.3 is 10.6 Å². The maximum absolute atomic E-state index is 12.5. The first kappa shape index (κ1) is 18.8. The van der Waals surface area contributed by atoms with E-state index in [9.17, 15) is 10.1 Å². The van der Waals surface area contributed by atoms with Crippen LogP contribution in [0.1, 0.15) is 36.5 Å². The number of carbonyl (C=O) groups is 1. The van der Waals surface area contributed by atoms with Gasteiger partial charge in [-0.25, -0.2) is 0 Å². The lowest BCUT2D eigenvalue weighted by Gasteiger charge is -2.16. The number of benzene rings is 2. The van der Waals surface area contributed by atoms with E-state index in [4.69, 9.17) is 5.26 Å². The standard InChI is InChI=1S/C21H20N4O/c1-14(2)19-6-4-5-15(3)20(19)25-21(26)17(12-23)13-24-18-9-7-16(11-22)8-10-18/h4-10,13-14,24H,1-3H3,(H,25,26)/b17-13-. The molecule has 0 aliphatic carbocycles. The van der Waals surface area contributed by atoms with Crippen LogP contribution in [-0.4, -0.2) is 5.91 Å². The van der Waals surface area contributed by atoms with E-state index in [1.54, 1.807) is 24.3 Å². The number of nitrogens with zero attached hydrogens (tertiary/aromatic N) is 2. The fourth-order valence-corrected chi connectivity index (χ4v) is 2.47. The van der Waals surface area contributed by atoms with Crippen molar-refractivity contribution in [1.82, 2.24) is 0 Å². The molecule has 0 aliphatic heterocycles. The summed E-state index contributed by atoms with van der Waals surface area (Å²) in [5.41, 5.74) is 3.90. The van der Waals surface area contributed by atoms with Crippen molar-refractivity contribution in [2.75, 3.05) is 10.6 Å². The molecule has 0 radical (unpaired) electrons. The van der Waals surface area contributed by atoms with Gasteiger partial charge in [-0.05, 0) is 48.2 Å². The summed E-state index contributed by atoms with van der Waals surface area (Å²) in [5.74, 6) is -0.221. The lowest BCUT2D eigenvalue weighted by molar-refractivity contribution is -0.112. The van der Waals surface area contributed by atoms with E-state index in [1.165, 1.54) is 6.20 Å². The van der Waals surface area contributed by atoms with Crippen molar-refractivity contribution < 1.29 is 4.79 Å². The summed E-state index contributed by atoms with van der Waals surface area (Å²) >= 11 is 0. The molecule has 0 unspecified atom stereocenters. The lowest BCUT2D eigenvalue weighted by atomic mass is 9.98. The van der Waals surface area contributed by atoms with Gasteiger partial charge in [0.15, 0.2) is 0 Å². The van der Waals surface area contributed by atoms with Crippen molar-refractivity contribution in [3.8, 4) is 12.1 Å². The van der Waals surface area contributed by atoms with Crippen LogP contribution in [0.3, 0.4) is 0 Å². The first-order chi connectivity index (χ1) is 12.5. The molecule has 0 saturated carbocycles. The van der Waals surface area contributed by atoms with Gasteiger partial charge in [0.1, 0.15) is 11.6 Å². The first-order valence-electron chi connectivity index (χ1n) is 8.24. The molecule has 2 rings (SSSR count). The van der Waals surface area contributed by atoms with Crippen LogP contribution in [0.25, 0.3) is 0 Å². The lowest BCUT2D eigenvalue weighted by Crippen LogP contribution is -2.17. The zero-order valence-corrected chi connectivity index (χ0v) is 15.0. The van der Waals surface area contributed by atoms with Crippen LogP contribution in [0, 0.1) is 29.6 Å². The molecule has 0 saturated heterocycles. The fraction of sp³-hybridized carbons (Fsp3) is 0.190. The van der Waals surface area contributed by atoms with Gasteiger partial charge in [0.2, 0.25) is 0 Å². The second kappa shape index (κ2) is 8.50. The molecule has 0 aromatic heterocycles. The van der Waals surface area contributed by atoms with E-state index in [0.717, 1.165) is 16.8 Å². The third-order valence-electron chi connectivity index (χ3n) is 3.93. The number of carbonyl (C=O) groups excluding carboxylic acids is 1. The minimum absolute atomic E-state index is 0.0349. The SMILES string of the molecule is Cc1cccc(C(C)C)c1NC(=O)/C(C#N)=C\Nc1ccc(C#N)cc1. The number of nitrogens with one attached hydrogen (secondary N) is 2. The van der Waals surface area contributed by atoms with E-state index in [1.807, 2.05) is 37.3 Å². The molecule has 5 nitrogen and oxygen atoms in total. The highest BCUT2D eigenvalue weighted by Gasteiger charge is 2.15. The third kappa shape index (κ3) is 4.49. The van der Waals surface area contributed by atoms with E-state index in [2.05, 4.69) is 24.5 Å². The molecule has 0 aliphatic rings. The van der Waals surface area contributed by atoms with Crippen LogP contribution in [0.2, 0.25) is 0 Å². The van der Waals surface area contributed by atoms with Crippen molar-refractivity contribution in [2.24, 2.45) is 0 Å². The Bertz CT molecular complexity index is 913. The summed E-state index contributed by atoms with van der Waals surface area (Å²) in [6.45, 7) is 6.03. The Hall–Kier alpha value is -3.57. The van der Waals surface area contributed by atoms with E-state index >= 15 is 0 Å². The number of hydrogen-bond acceptors (Lipinski definition) is 4. The Morgan fingerprint density at radius 3 is 2.38 bits per heavy atom. The van der Waals surface area contributed by atoms with Crippen LogP contribution >= 0.6 is 0 Å². The first-order valence-corrected chi connectivity index (χ1v) is 8.24. The van der Waals surface area contributed by atoms with E-state index < -0.39 is 5.91 Å². The predicted molar refractivity (Wildman–Crippen MR) is 102 cm³/mol. The van der Waals surface area contributed by atoms with Gasteiger partial charge in [-0.2, -0.15) is 10.5 Å². The summed E-state index contributed by atoms with van der Waals surface area (Å²) < 4.78 is 0. The van der Waals surface area contributed by atoms with Gasteiger partial charge in [-0.15, -0.1) is 0 Å². The quantitative estimate of drug-likeness (QED) is 0.619. The Kier molecular flexibility index (Phi) is 6.14. The molecular formula is C21H20N4O. The van der Waals surface area contributed by atoms with Gasteiger partial charge in [0.05, 0.1) is 11.6 Å². The Balaban J connectivity index is 2.19. The van der Waals surface area contributed by atoms with Crippen LogP contribution in [0.15, 0.2) is 54.2 Å². The number of hydrogen-bond donors (Lipinski definition) is 2. The zero-order valence-electron chi connectivity index (χ0n) is 15.0. The highest BCUT2D eigenvalue weighted by molar-refractivity contribution is 6.07. The van der Waals surface area contributed by atoms with Crippen molar-refractivity contribution in [2.45, 2.75) is 26.7 Å². The Morgan fingerprint density at radius 2 is 1.81 bits per heavy atom. The van der Waals surface area contributed by atoms with Gasteiger partial charge in [-0.1, -0.05) is 32.0 Å². The number of amides is 1. The van der Waals surface area contributed by atoms with Crippen LogP contribution < -0.4 is 10.6 Å². The average molecular weight is 344 g/mol. The zero-order chi connectivity index (χ0) is 19.1. The highest BCUT2D eigenvalue weighted by Crippen LogP contribution is 2.27. The minimum atomic E-state index is -0.468. The minimum Gasteiger partial charge on any atom is -0.360 e. The number of nitriles is 2. The molecule has 26 heavy (non-hydrogen) atoms. The Morgan fingerprint density at radius 1 is 1.12 bits per heavy atom. The summed E-state index contributed by atoms with van der Waals surface area (Å²) in [6.07, 6.45) is 1.37. The molecule has 2 aromatic carbocycles. The molecule has 0 bridgehead atoms. The van der Waals surface area contributed by atoms with E-state index in [0.29, 0.717) is 11.3 Å². The third-order valence-corrected chi connectivity index (χ3v) is 3.93. The number of anilines is 2. The molecule has 130 valence electrons. The smallest absolute Gasteiger partial charge is 0.267 e. The molecule has 0 fully saturated rings. The average Bonchev–Trinajstić information content (AvgIpc) is 2.64. The largest absolute Gasteiger partial charge is 0.360 e. The van der Waals surface area contributed by atoms with Crippen molar-refractivity contribution in [1.29, 1.82) is 10.5 Å². The van der Waals surface area contributed by atoms with Gasteiger partial charge in [0, 0.05) is 17.6 Å². The van der Waals surface area contributed by atoms with Crippen LogP contribution in [-0.2, 0) is 4.79 Å². The molecular weight excluding hydrogens is 324 g/mol. The normalized spacial score (nSPS) is 10.8. The summed E-state index contributed by atoms with van der Waals surface area (Å²) in [5, 5.41) is 23.9. The van der Waals surface area contributed by atoms with Crippen molar-refractivity contribution >= 4 is 17.3 Å². The summed E-state index contributed by atoms with van der Waals surface area (Å²) in [7, 11) is 0. The van der Waals surface area contributed by atoms with Gasteiger partial charge in [-0.3, -0.25) is 4.79 Å². The predicted octanol–water partition coefficient (Wildman–Crippen LogP) is 4.45.